The van der Waals surface area contributed by atoms with Crippen LogP contribution >= 0.6 is 0 Å². The molecule has 1 aromatic carbocycles. The maximum Gasteiger partial charge on any atom is 0.0576 e. The van der Waals surface area contributed by atoms with Gasteiger partial charge in [0.2, 0.25) is 0 Å². The lowest BCUT2D eigenvalue weighted by molar-refractivity contribution is 0.101. The molecule has 1 aliphatic heterocycles. The maximum absolute atomic E-state index is 5.71. The molecule has 2 heteroatoms. The van der Waals surface area contributed by atoms with E-state index in [0.29, 0.717) is 12.1 Å². The second kappa shape index (κ2) is 8.43. The van der Waals surface area contributed by atoms with E-state index in [2.05, 4.69) is 43.4 Å². The summed E-state index contributed by atoms with van der Waals surface area (Å²) in [5, 5.41) is 3.64. The molecule has 0 aromatic heterocycles. The molecule has 0 saturated carbocycles. The van der Waals surface area contributed by atoms with Crippen LogP contribution in [0.15, 0.2) is 24.3 Å². The SMILES string of the molecule is CCNC(CCCC1CCCO1)Cc1cccc(C)c1. The minimum absolute atomic E-state index is 0.538. The fraction of sp³-hybridized carbons (Fsp3) is 0.667. The summed E-state index contributed by atoms with van der Waals surface area (Å²) >= 11 is 0. The quantitative estimate of drug-likeness (QED) is 0.777. The fourth-order valence-electron chi connectivity index (χ4n) is 3.15. The van der Waals surface area contributed by atoms with E-state index >= 15 is 0 Å². The second-order valence-corrected chi connectivity index (χ2v) is 6.01. The Hall–Kier alpha value is -0.860. The molecule has 2 atom stereocenters. The molecular formula is C18H29NO. The summed E-state index contributed by atoms with van der Waals surface area (Å²) < 4.78 is 5.71. The average molecular weight is 275 g/mol. The number of hydrogen-bond acceptors (Lipinski definition) is 2. The van der Waals surface area contributed by atoms with Crippen LogP contribution in [0.1, 0.15) is 50.2 Å². The maximum atomic E-state index is 5.71. The highest BCUT2D eigenvalue weighted by molar-refractivity contribution is 5.22. The molecule has 0 spiro atoms. The van der Waals surface area contributed by atoms with E-state index in [1.54, 1.807) is 0 Å². The van der Waals surface area contributed by atoms with Crippen molar-refractivity contribution in [1.82, 2.24) is 5.32 Å². The van der Waals surface area contributed by atoms with Gasteiger partial charge in [-0.1, -0.05) is 36.8 Å². The van der Waals surface area contributed by atoms with E-state index in [9.17, 15) is 0 Å². The zero-order valence-corrected chi connectivity index (χ0v) is 13.0. The Morgan fingerprint density at radius 2 is 2.30 bits per heavy atom. The van der Waals surface area contributed by atoms with E-state index in [0.717, 1.165) is 19.6 Å². The topological polar surface area (TPSA) is 21.3 Å². The van der Waals surface area contributed by atoms with E-state index in [1.807, 2.05) is 0 Å². The van der Waals surface area contributed by atoms with Gasteiger partial charge in [-0.15, -0.1) is 0 Å². The van der Waals surface area contributed by atoms with Crippen LogP contribution in [0.2, 0.25) is 0 Å². The Balaban J connectivity index is 1.77. The molecule has 1 fully saturated rings. The Morgan fingerprint density at radius 3 is 3.00 bits per heavy atom. The molecule has 1 heterocycles. The van der Waals surface area contributed by atoms with Crippen molar-refractivity contribution in [3.8, 4) is 0 Å². The first-order chi connectivity index (χ1) is 9.78. The number of likely N-dealkylation sites (N-methyl/N-ethyl adjacent to an activating group) is 1. The van der Waals surface area contributed by atoms with Gasteiger partial charge in [0.25, 0.3) is 0 Å². The predicted molar refractivity (Wildman–Crippen MR) is 85.2 cm³/mol. The van der Waals surface area contributed by atoms with Crippen molar-refractivity contribution in [2.45, 2.75) is 64.5 Å². The lowest BCUT2D eigenvalue weighted by Gasteiger charge is -2.19. The van der Waals surface area contributed by atoms with Crippen molar-refractivity contribution in [2.24, 2.45) is 0 Å². The second-order valence-electron chi connectivity index (χ2n) is 6.01. The third-order valence-corrected chi connectivity index (χ3v) is 4.16. The van der Waals surface area contributed by atoms with Crippen molar-refractivity contribution in [2.75, 3.05) is 13.2 Å². The summed E-state index contributed by atoms with van der Waals surface area (Å²) in [7, 11) is 0. The fourth-order valence-corrected chi connectivity index (χ4v) is 3.15. The van der Waals surface area contributed by atoms with Gasteiger partial charge >= 0.3 is 0 Å². The molecule has 0 bridgehead atoms. The van der Waals surface area contributed by atoms with Crippen LogP contribution in [0.4, 0.5) is 0 Å². The van der Waals surface area contributed by atoms with Gasteiger partial charge in [0.1, 0.15) is 0 Å². The van der Waals surface area contributed by atoms with E-state index in [-0.39, 0.29) is 0 Å². The largest absolute Gasteiger partial charge is 0.378 e. The first-order valence-corrected chi connectivity index (χ1v) is 8.18. The molecule has 0 amide bonds. The number of aryl methyl sites for hydroxylation is 1. The molecule has 1 aliphatic rings. The molecule has 1 saturated heterocycles. The molecule has 1 N–H and O–H groups in total. The molecule has 2 rings (SSSR count). The first kappa shape index (κ1) is 15.5. The molecule has 112 valence electrons. The van der Waals surface area contributed by atoms with Crippen LogP contribution in [0.5, 0.6) is 0 Å². The third kappa shape index (κ3) is 5.26. The highest BCUT2D eigenvalue weighted by atomic mass is 16.5. The molecule has 0 radical (unpaired) electrons. The number of nitrogens with one attached hydrogen (secondary N) is 1. The van der Waals surface area contributed by atoms with E-state index in [1.165, 1.54) is 43.2 Å². The normalized spacial score (nSPS) is 20.2. The van der Waals surface area contributed by atoms with Crippen molar-refractivity contribution in [3.05, 3.63) is 35.4 Å². The number of ether oxygens (including phenoxy) is 1. The van der Waals surface area contributed by atoms with Crippen LogP contribution < -0.4 is 5.32 Å². The molecular weight excluding hydrogens is 246 g/mol. The summed E-state index contributed by atoms with van der Waals surface area (Å²) in [5.74, 6) is 0. The number of rotatable bonds is 8. The Labute approximate surface area is 123 Å². The first-order valence-electron chi connectivity index (χ1n) is 8.18. The summed E-state index contributed by atoms with van der Waals surface area (Å²) in [6, 6.07) is 9.49. The summed E-state index contributed by atoms with van der Waals surface area (Å²) in [4.78, 5) is 0. The number of benzene rings is 1. The van der Waals surface area contributed by atoms with Crippen LogP contribution in [-0.4, -0.2) is 25.3 Å². The average Bonchev–Trinajstić information content (AvgIpc) is 2.92. The van der Waals surface area contributed by atoms with Crippen molar-refractivity contribution >= 4 is 0 Å². The van der Waals surface area contributed by atoms with Crippen molar-refractivity contribution in [3.63, 3.8) is 0 Å². The van der Waals surface area contributed by atoms with Gasteiger partial charge in [-0.2, -0.15) is 0 Å². The lowest BCUT2D eigenvalue weighted by atomic mass is 9.98. The van der Waals surface area contributed by atoms with Crippen LogP contribution in [0.3, 0.4) is 0 Å². The molecule has 1 aromatic rings. The van der Waals surface area contributed by atoms with Crippen LogP contribution in [0, 0.1) is 6.92 Å². The van der Waals surface area contributed by atoms with Gasteiger partial charge in [0.05, 0.1) is 6.10 Å². The number of hydrogen-bond donors (Lipinski definition) is 1. The molecule has 2 nitrogen and oxygen atoms in total. The minimum Gasteiger partial charge on any atom is -0.378 e. The van der Waals surface area contributed by atoms with Crippen LogP contribution in [-0.2, 0) is 11.2 Å². The highest BCUT2D eigenvalue weighted by Crippen LogP contribution is 2.19. The standard InChI is InChI=1S/C18H29NO/c1-3-19-17(9-5-10-18-11-6-12-20-18)14-16-8-4-7-15(2)13-16/h4,7-8,13,17-19H,3,5-6,9-12,14H2,1-2H3. The smallest absolute Gasteiger partial charge is 0.0576 e. The minimum atomic E-state index is 0.538. The van der Waals surface area contributed by atoms with Gasteiger partial charge in [0, 0.05) is 12.6 Å². The molecule has 20 heavy (non-hydrogen) atoms. The monoisotopic (exact) mass is 275 g/mol. The van der Waals surface area contributed by atoms with Crippen LogP contribution in [0.25, 0.3) is 0 Å². The van der Waals surface area contributed by atoms with Gasteiger partial charge in [-0.3, -0.25) is 0 Å². The van der Waals surface area contributed by atoms with Gasteiger partial charge in [0.15, 0.2) is 0 Å². The van der Waals surface area contributed by atoms with E-state index < -0.39 is 0 Å². The summed E-state index contributed by atoms with van der Waals surface area (Å²) in [5.41, 5.74) is 2.81. The highest BCUT2D eigenvalue weighted by Gasteiger charge is 2.16. The van der Waals surface area contributed by atoms with Crippen molar-refractivity contribution < 1.29 is 4.74 Å². The molecule has 0 aliphatic carbocycles. The zero-order chi connectivity index (χ0) is 14.2. The third-order valence-electron chi connectivity index (χ3n) is 4.16. The Bertz CT molecular complexity index is 385. The van der Waals surface area contributed by atoms with E-state index in [4.69, 9.17) is 4.74 Å². The summed E-state index contributed by atoms with van der Waals surface area (Å²) in [6.45, 7) is 6.40. The Kier molecular flexibility index (Phi) is 6.55. The lowest BCUT2D eigenvalue weighted by Crippen LogP contribution is -2.31. The van der Waals surface area contributed by atoms with Gasteiger partial charge in [-0.05, 0) is 57.6 Å². The van der Waals surface area contributed by atoms with Gasteiger partial charge < -0.3 is 10.1 Å². The van der Waals surface area contributed by atoms with Gasteiger partial charge in [-0.25, -0.2) is 0 Å². The Morgan fingerprint density at radius 1 is 1.40 bits per heavy atom. The zero-order valence-electron chi connectivity index (χ0n) is 13.0. The predicted octanol–water partition coefficient (Wildman–Crippen LogP) is 3.86. The van der Waals surface area contributed by atoms with Crippen molar-refractivity contribution in [1.29, 1.82) is 0 Å². The molecule has 2 unspecified atom stereocenters. The summed E-state index contributed by atoms with van der Waals surface area (Å²) in [6.07, 6.45) is 7.96.